The molecule has 3 aromatic carbocycles. The molecule has 2 saturated heterocycles. The van der Waals surface area contributed by atoms with Crippen LogP contribution in [0.3, 0.4) is 0 Å². The number of nitriles is 1. The van der Waals surface area contributed by atoms with E-state index >= 15 is 0 Å². The van der Waals surface area contributed by atoms with Crippen molar-refractivity contribution in [2.24, 2.45) is 5.41 Å². The van der Waals surface area contributed by atoms with Gasteiger partial charge in [0.2, 0.25) is 0 Å². The van der Waals surface area contributed by atoms with Crippen LogP contribution in [0.5, 0.6) is 6.01 Å². The quantitative estimate of drug-likeness (QED) is 0.206. The maximum atomic E-state index is 13.3. The van der Waals surface area contributed by atoms with Gasteiger partial charge in [-0.2, -0.15) is 15.2 Å². The molecule has 0 unspecified atom stereocenters. The molecule has 3 aliphatic heterocycles. The number of fused-ring (bicyclic) bond motifs is 2. The lowest BCUT2D eigenvalue weighted by molar-refractivity contribution is 0.0767. The molecule has 10 nitrogen and oxygen atoms in total. The molecule has 3 fully saturated rings. The summed E-state index contributed by atoms with van der Waals surface area (Å²) in [7, 11) is 2.24. The Morgan fingerprint density at radius 3 is 2.58 bits per heavy atom. The van der Waals surface area contributed by atoms with Crippen LogP contribution in [-0.2, 0) is 24.3 Å². The standard InChI is InChI=1S/C40H45N7O3/c1-44-21-8-15-36(44)40(18-19-40)28-50-38-42-34-26-45(35-14-7-12-30-11-5-6-13-32(30)35)22-17-33(34)37(43-38)46-23-24-47(31(25-46)16-20-41)39(48)49-27-29-9-3-2-4-10-29/h2-7,9-14,31,36H,8,15-19,21-28H2,1H3/t31-,36+/m0/s1. The molecule has 1 aliphatic carbocycles. The van der Waals surface area contributed by atoms with Crippen molar-refractivity contribution < 1.29 is 14.3 Å². The first-order chi connectivity index (χ1) is 24.5. The van der Waals surface area contributed by atoms with E-state index in [1.54, 1.807) is 4.90 Å². The van der Waals surface area contributed by atoms with Gasteiger partial charge in [-0.25, -0.2) is 4.79 Å². The number of likely N-dealkylation sites (tertiary alicyclic amines) is 1. The van der Waals surface area contributed by atoms with Gasteiger partial charge in [-0.1, -0.05) is 66.7 Å². The van der Waals surface area contributed by atoms with E-state index in [1.807, 2.05) is 30.3 Å². The van der Waals surface area contributed by atoms with Crippen molar-refractivity contribution in [1.29, 1.82) is 5.26 Å². The average Bonchev–Trinajstić information content (AvgIpc) is 3.82. The highest BCUT2D eigenvalue weighted by molar-refractivity contribution is 5.94. The summed E-state index contributed by atoms with van der Waals surface area (Å²) in [6.45, 7) is 4.95. The Morgan fingerprint density at radius 2 is 1.78 bits per heavy atom. The molecule has 0 radical (unpaired) electrons. The molecular formula is C40H45N7O3. The summed E-state index contributed by atoms with van der Waals surface area (Å²) in [6, 6.07) is 27.6. The fraction of sp³-hybridized carbons (Fsp3) is 0.450. The van der Waals surface area contributed by atoms with E-state index in [1.165, 1.54) is 42.1 Å². The molecule has 0 N–H and O–H groups in total. The lowest BCUT2D eigenvalue weighted by Crippen LogP contribution is -2.55. The Labute approximate surface area is 294 Å². The summed E-state index contributed by atoms with van der Waals surface area (Å²) in [5.74, 6) is 0.866. The van der Waals surface area contributed by atoms with Crippen molar-refractivity contribution >= 4 is 28.4 Å². The molecule has 4 aromatic rings. The van der Waals surface area contributed by atoms with Crippen LogP contribution in [0.25, 0.3) is 10.8 Å². The zero-order valence-corrected chi connectivity index (χ0v) is 28.8. The van der Waals surface area contributed by atoms with E-state index in [-0.39, 0.29) is 30.6 Å². The van der Waals surface area contributed by atoms with E-state index in [0.717, 1.165) is 42.1 Å². The third kappa shape index (κ3) is 6.42. The Morgan fingerprint density at radius 1 is 0.960 bits per heavy atom. The number of hydrogen-bond acceptors (Lipinski definition) is 9. The van der Waals surface area contributed by atoms with Gasteiger partial charge in [0.15, 0.2) is 0 Å². The van der Waals surface area contributed by atoms with Crippen LogP contribution in [0.15, 0.2) is 72.8 Å². The second kappa shape index (κ2) is 13.8. The predicted octanol–water partition coefficient (Wildman–Crippen LogP) is 6.19. The van der Waals surface area contributed by atoms with Gasteiger partial charge < -0.3 is 29.1 Å². The van der Waals surface area contributed by atoms with E-state index < -0.39 is 0 Å². The van der Waals surface area contributed by atoms with Crippen LogP contribution < -0.4 is 14.5 Å². The Hall–Kier alpha value is -4.88. The summed E-state index contributed by atoms with van der Waals surface area (Å²) in [5, 5.41) is 12.2. The number of ether oxygens (including phenoxy) is 2. The Bertz CT molecular complexity index is 1890. The Kier molecular flexibility index (Phi) is 8.92. The summed E-state index contributed by atoms with van der Waals surface area (Å²) in [4.78, 5) is 32.4. The number of carbonyl (C=O) groups excluding carboxylic acids is 1. The highest BCUT2D eigenvalue weighted by Crippen LogP contribution is 2.53. The number of piperazine rings is 1. The molecule has 2 atom stereocenters. The SMILES string of the molecule is CN1CCC[C@@H]1C1(COc2nc3c(c(N4CCN(C(=O)OCc5ccccc5)[C@@H](CC#N)C4)n2)CCN(c2cccc4ccccc24)C3)CC1. The van der Waals surface area contributed by atoms with Crippen molar-refractivity contribution in [3.63, 3.8) is 0 Å². The zero-order valence-electron chi connectivity index (χ0n) is 28.8. The lowest BCUT2D eigenvalue weighted by atomic mass is 9.95. The minimum Gasteiger partial charge on any atom is -0.463 e. The van der Waals surface area contributed by atoms with E-state index in [4.69, 9.17) is 19.4 Å². The van der Waals surface area contributed by atoms with Gasteiger partial charge in [0.25, 0.3) is 0 Å². The maximum absolute atomic E-state index is 13.3. The van der Waals surface area contributed by atoms with Crippen LogP contribution in [-0.4, -0.2) is 84.3 Å². The van der Waals surface area contributed by atoms with Gasteiger partial charge in [0, 0.05) is 54.3 Å². The first-order valence-electron chi connectivity index (χ1n) is 18.1. The average molecular weight is 672 g/mol. The number of amides is 1. The van der Waals surface area contributed by atoms with Gasteiger partial charge in [0.1, 0.15) is 12.4 Å². The number of carbonyl (C=O) groups is 1. The zero-order chi connectivity index (χ0) is 34.1. The molecule has 1 aromatic heterocycles. The van der Waals surface area contributed by atoms with Crippen molar-refractivity contribution in [2.75, 3.05) is 56.2 Å². The smallest absolute Gasteiger partial charge is 0.410 e. The minimum absolute atomic E-state index is 0.170. The van der Waals surface area contributed by atoms with Crippen LogP contribution in [0.1, 0.15) is 48.9 Å². The van der Waals surface area contributed by atoms with Crippen LogP contribution >= 0.6 is 0 Å². The molecule has 10 heteroatoms. The molecular weight excluding hydrogens is 626 g/mol. The number of rotatable bonds is 9. The van der Waals surface area contributed by atoms with Gasteiger partial charge >= 0.3 is 12.1 Å². The van der Waals surface area contributed by atoms with Gasteiger partial charge in [-0.05, 0) is 62.7 Å². The molecule has 1 saturated carbocycles. The summed E-state index contributed by atoms with van der Waals surface area (Å²) >= 11 is 0. The molecule has 1 amide bonds. The lowest BCUT2D eigenvalue weighted by Gasteiger charge is -2.42. The number of anilines is 2. The molecule has 4 heterocycles. The number of aromatic nitrogens is 2. The van der Waals surface area contributed by atoms with Crippen LogP contribution in [0, 0.1) is 16.7 Å². The molecule has 8 rings (SSSR count). The highest BCUT2D eigenvalue weighted by atomic mass is 16.6. The number of nitrogens with zero attached hydrogens (tertiary/aromatic N) is 7. The first-order valence-corrected chi connectivity index (χ1v) is 18.1. The molecule has 258 valence electrons. The third-order valence-electron chi connectivity index (χ3n) is 11.3. The molecule has 50 heavy (non-hydrogen) atoms. The van der Waals surface area contributed by atoms with E-state index in [9.17, 15) is 10.1 Å². The Balaban J connectivity index is 1.06. The number of hydrogen-bond donors (Lipinski definition) is 0. The van der Waals surface area contributed by atoms with Crippen molar-refractivity contribution in [3.05, 3.63) is 89.6 Å². The van der Waals surface area contributed by atoms with Gasteiger partial charge in [-0.3, -0.25) is 0 Å². The van der Waals surface area contributed by atoms with Gasteiger partial charge in [0.05, 0.1) is 37.4 Å². The molecule has 0 spiro atoms. The van der Waals surface area contributed by atoms with Crippen LogP contribution in [0.2, 0.25) is 0 Å². The van der Waals surface area contributed by atoms with E-state index in [0.29, 0.717) is 44.8 Å². The van der Waals surface area contributed by atoms with Crippen molar-refractivity contribution in [1.82, 2.24) is 19.8 Å². The number of benzene rings is 3. The maximum Gasteiger partial charge on any atom is 0.410 e. The van der Waals surface area contributed by atoms with E-state index in [2.05, 4.69) is 70.3 Å². The van der Waals surface area contributed by atoms with Crippen molar-refractivity contribution in [3.8, 4) is 12.1 Å². The molecule has 0 bridgehead atoms. The second-order valence-electron chi connectivity index (χ2n) is 14.4. The topological polar surface area (TPSA) is 98.1 Å². The first kappa shape index (κ1) is 32.3. The normalized spacial score (nSPS) is 21.5. The largest absolute Gasteiger partial charge is 0.463 e. The van der Waals surface area contributed by atoms with Crippen LogP contribution in [0.4, 0.5) is 16.3 Å². The fourth-order valence-corrected chi connectivity index (χ4v) is 8.40. The summed E-state index contributed by atoms with van der Waals surface area (Å²) in [5.41, 5.74) is 4.41. The van der Waals surface area contributed by atoms with Gasteiger partial charge in [-0.15, -0.1) is 0 Å². The minimum atomic E-state index is -0.389. The summed E-state index contributed by atoms with van der Waals surface area (Å²) in [6.07, 6.45) is 5.41. The summed E-state index contributed by atoms with van der Waals surface area (Å²) < 4.78 is 12.3. The second-order valence-corrected chi connectivity index (χ2v) is 14.4. The van der Waals surface area contributed by atoms with Crippen molar-refractivity contribution in [2.45, 2.75) is 63.8 Å². The highest BCUT2D eigenvalue weighted by Gasteiger charge is 2.52. The predicted molar refractivity (Wildman–Crippen MR) is 193 cm³/mol. The fourth-order valence-electron chi connectivity index (χ4n) is 8.40. The monoisotopic (exact) mass is 671 g/mol. The molecule has 4 aliphatic rings. The third-order valence-corrected chi connectivity index (χ3v) is 11.3.